The van der Waals surface area contributed by atoms with Gasteiger partial charge in [-0.15, -0.1) is 0 Å². The van der Waals surface area contributed by atoms with E-state index in [1.807, 2.05) is 48.5 Å². The zero-order valence-electron chi connectivity index (χ0n) is 13.8. The molecule has 0 amide bonds. The topological polar surface area (TPSA) is 44.3 Å². The van der Waals surface area contributed by atoms with Crippen LogP contribution in [0.5, 0.6) is 0 Å². The first-order valence-electron chi connectivity index (χ1n) is 8.32. The van der Waals surface area contributed by atoms with E-state index in [1.165, 1.54) is 0 Å². The van der Waals surface area contributed by atoms with Crippen molar-refractivity contribution in [2.75, 3.05) is 43.4 Å². The number of hydrogen-bond acceptors (Lipinski definition) is 5. The van der Waals surface area contributed by atoms with E-state index in [9.17, 15) is 0 Å². The van der Waals surface area contributed by atoms with Crippen molar-refractivity contribution in [1.29, 1.82) is 0 Å². The maximum atomic E-state index is 4.83. The number of para-hydroxylation sites is 2. The second-order valence-corrected chi connectivity index (χ2v) is 6.17. The zero-order chi connectivity index (χ0) is 16.4. The van der Waals surface area contributed by atoms with Crippen molar-refractivity contribution in [2.24, 2.45) is 0 Å². The predicted molar refractivity (Wildman–Crippen MR) is 99.0 cm³/mol. The van der Waals surface area contributed by atoms with Crippen LogP contribution in [-0.4, -0.2) is 48.1 Å². The molecule has 0 saturated carbocycles. The fourth-order valence-corrected chi connectivity index (χ4v) is 2.97. The Morgan fingerprint density at radius 2 is 1.54 bits per heavy atom. The summed E-state index contributed by atoms with van der Waals surface area (Å²) in [6.07, 6.45) is 0. The molecule has 1 aliphatic heterocycles. The molecule has 3 aromatic rings. The van der Waals surface area contributed by atoms with Crippen LogP contribution in [0.2, 0.25) is 0 Å². The maximum absolute atomic E-state index is 4.83. The molecule has 24 heavy (non-hydrogen) atoms. The predicted octanol–water partition coefficient (Wildman–Crippen LogP) is 3.13. The standard InChI is InChI=1S/C19H21N5/c1-23-11-13-24(14-12-23)19-21-17-10-6-5-9-16(17)18(22-19)20-15-7-3-2-4-8-15/h2-10H,11-14H2,1H3,(H,20,21,22). The van der Waals surface area contributed by atoms with Crippen molar-refractivity contribution in [3.8, 4) is 0 Å². The maximum Gasteiger partial charge on any atom is 0.227 e. The van der Waals surface area contributed by atoms with Crippen molar-refractivity contribution >= 4 is 28.4 Å². The molecule has 2 heterocycles. The normalized spacial score (nSPS) is 15.6. The SMILES string of the molecule is CN1CCN(c2nc(Nc3ccccc3)c3ccccc3n2)CC1. The average molecular weight is 319 g/mol. The van der Waals surface area contributed by atoms with Crippen LogP contribution in [0.3, 0.4) is 0 Å². The number of piperazine rings is 1. The molecule has 1 aliphatic rings. The van der Waals surface area contributed by atoms with Gasteiger partial charge in [-0.05, 0) is 31.3 Å². The third-order valence-corrected chi connectivity index (χ3v) is 4.41. The van der Waals surface area contributed by atoms with Crippen LogP contribution >= 0.6 is 0 Å². The highest BCUT2D eigenvalue weighted by Gasteiger charge is 2.18. The Morgan fingerprint density at radius 3 is 2.33 bits per heavy atom. The van der Waals surface area contributed by atoms with E-state index in [4.69, 9.17) is 9.97 Å². The second kappa shape index (κ2) is 6.45. The van der Waals surface area contributed by atoms with Crippen LogP contribution in [0, 0.1) is 0 Å². The molecule has 2 aromatic carbocycles. The van der Waals surface area contributed by atoms with Gasteiger partial charge in [-0.25, -0.2) is 4.98 Å². The molecule has 0 atom stereocenters. The van der Waals surface area contributed by atoms with Crippen molar-refractivity contribution in [1.82, 2.24) is 14.9 Å². The molecule has 0 radical (unpaired) electrons. The number of hydrogen-bond donors (Lipinski definition) is 1. The molecular formula is C19H21N5. The van der Waals surface area contributed by atoms with E-state index in [2.05, 4.69) is 28.2 Å². The summed E-state index contributed by atoms with van der Waals surface area (Å²) < 4.78 is 0. The molecule has 0 aliphatic carbocycles. The number of fused-ring (bicyclic) bond motifs is 1. The van der Waals surface area contributed by atoms with E-state index in [0.29, 0.717) is 0 Å². The van der Waals surface area contributed by atoms with Gasteiger partial charge in [-0.1, -0.05) is 30.3 Å². The van der Waals surface area contributed by atoms with E-state index in [-0.39, 0.29) is 0 Å². The smallest absolute Gasteiger partial charge is 0.227 e. The minimum atomic E-state index is 0.806. The van der Waals surface area contributed by atoms with Crippen LogP contribution in [0.1, 0.15) is 0 Å². The number of anilines is 3. The average Bonchev–Trinajstić information content (AvgIpc) is 2.63. The van der Waals surface area contributed by atoms with Crippen LogP contribution in [0.15, 0.2) is 54.6 Å². The number of likely N-dealkylation sites (N-methyl/N-ethyl adjacent to an activating group) is 1. The first-order valence-corrected chi connectivity index (χ1v) is 8.32. The summed E-state index contributed by atoms with van der Waals surface area (Å²) in [6.45, 7) is 3.99. The number of aromatic nitrogens is 2. The van der Waals surface area contributed by atoms with Gasteiger partial charge >= 0.3 is 0 Å². The molecular weight excluding hydrogens is 298 g/mol. The first-order chi connectivity index (χ1) is 11.8. The molecule has 5 heteroatoms. The molecule has 0 unspecified atom stereocenters. The van der Waals surface area contributed by atoms with E-state index in [0.717, 1.165) is 54.5 Å². The summed E-state index contributed by atoms with van der Waals surface area (Å²) in [6, 6.07) is 18.3. The third-order valence-electron chi connectivity index (χ3n) is 4.41. The minimum absolute atomic E-state index is 0.806. The van der Waals surface area contributed by atoms with Gasteiger partial charge < -0.3 is 15.1 Å². The molecule has 5 nitrogen and oxygen atoms in total. The van der Waals surface area contributed by atoms with Crippen LogP contribution in [0.4, 0.5) is 17.5 Å². The minimum Gasteiger partial charge on any atom is -0.340 e. The fourth-order valence-electron chi connectivity index (χ4n) is 2.97. The second-order valence-electron chi connectivity index (χ2n) is 6.17. The molecule has 1 fully saturated rings. The molecule has 1 aromatic heterocycles. The van der Waals surface area contributed by atoms with Crippen molar-refractivity contribution < 1.29 is 0 Å². The summed E-state index contributed by atoms with van der Waals surface area (Å²) >= 11 is 0. The van der Waals surface area contributed by atoms with Gasteiger partial charge in [0, 0.05) is 37.3 Å². The number of benzene rings is 2. The molecule has 0 bridgehead atoms. The summed E-state index contributed by atoms with van der Waals surface area (Å²) in [7, 11) is 2.15. The van der Waals surface area contributed by atoms with Crippen LogP contribution in [-0.2, 0) is 0 Å². The summed E-state index contributed by atoms with van der Waals surface area (Å²) in [5.74, 6) is 1.67. The van der Waals surface area contributed by atoms with E-state index >= 15 is 0 Å². The van der Waals surface area contributed by atoms with Crippen LogP contribution < -0.4 is 10.2 Å². The Balaban J connectivity index is 1.73. The van der Waals surface area contributed by atoms with Gasteiger partial charge in [-0.2, -0.15) is 4.98 Å². The Labute approximate surface area is 141 Å². The van der Waals surface area contributed by atoms with E-state index < -0.39 is 0 Å². The highest BCUT2D eigenvalue weighted by molar-refractivity contribution is 5.91. The number of nitrogens with one attached hydrogen (secondary N) is 1. The highest BCUT2D eigenvalue weighted by Crippen LogP contribution is 2.26. The largest absolute Gasteiger partial charge is 0.340 e. The number of nitrogens with zero attached hydrogens (tertiary/aromatic N) is 4. The quantitative estimate of drug-likeness (QED) is 0.803. The van der Waals surface area contributed by atoms with Gasteiger partial charge in [0.25, 0.3) is 0 Å². The molecule has 122 valence electrons. The lowest BCUT2D eigenvalue weighted by atomic mass is 10.2. The highest BCUT2D eigenvalue weighted by atomic mass is 15.3. The first kappa shape index (κ1) is 14.9. The van der Waals surface area contributed by atoms with Gasteiger partial charge in [0.15, 0.2) is 0 Å². The van der Waals surface area contributed by atoms with Gasteiger partial charge in [-0.3, -0.25) is 0 Å². The molecule has 1 N–H and O–H groups in total. The monoisotopic (exact) mass is 319 g/mol. The molecule has 0 spiro atoms. The lowest BCUT2D eigenvalue weighted by Gasteiger charge is -2.32. The molecule has 4 rings (SSSR count). The van der Waals surface area contributed by atoms with Crippen molar-refractivity contribution in [3.63, 3.8) is 0 Å². The van der Waals surface area contributed by atoms with Gasteiger partial charge in [0.1, 0.15) is 5.82 Å². The summed E-state index contributed by atoms with van der Waals surface area (Å²) in [5, 5.41) is 4.49. The van der Waals surface area contributed by atoms with Crippen LogP contribution in [0.25, 0.3) is 10.9 Å². The Morgan fingerprint density at radius 1 is 0.833 bits per heavy atom. The zero-order valence-corrected chi connectivity index (χ0v) is 13.8. The fraction of sp³-hybridized carbons (Fsp3) is 0.263. The van der Waals surface area contributed by atoms with Gasteiger partial charge in [0.05, 0.1) is 5.52 Å². The Bertz CT molecular complexity index is 826. The van der Waals surface area contributed by atoms with E-state index in [1.54, 1.807) is 0 Å². The Kier molecular flexibility index (Phi) is 4.01. The number of rotatable bonds is 3. The summed E-state index contributed by atoms with van der Waals surface area (Å²) in [4.78, 5) is 14.2. The summed E-state index contributed by atoms with van der Waals surface area (Å²) in [5.41, 5.74) is 2.01. The third kappa shape index (κ3) is 3.03. The van der Waals surface area contributed by atoms with Gasteiger partial charge in [0.2, 0.25) is 5.95 Å². The lowest BCUT2D eigenvalue weighted by molar-refractivity contribution is 0.311. The van der Waals surface area contributed by atoms with Crippen molar-refractivity contribution in [2.45, 2.75) is 0 Å². The lowest BCUT2D eigenvalue weighted by Crippen LogP contribution is -2.45. The molecule has 1 saturated heterocycles. The van der Waals surface area contributed by atoms with Crippen molar-refractivity contribution in [3.05, 3.63) is 54.6 Å². The Hall–Kier alpha value is -2.66.